The predicted octanol–water partition coefficient (Wildman–Crippen LogP) is 2.85. The SMILES string of the molecule is CC(=O)c1cc(Sc2ccc(C(=O)N[C@H]3CN4CCC3CC4)cc2)no1. The van der Waals surface area contributed by atoms with Crippen molar-refractivity contribution in [2.24, 2.45) is 5.92 Å². The molecule has 0 radical (unpaired) electrons. The first kappa shape index (κ1) is 17.3. The Labute approximate surface area is 156 Å². The fourth-order valence-corrected chi connectivity index (χ4v) is 4.40. The standard InChI is InChI=1S/C19H21N3O3S/c1-12(23)17-10-18(21-25-17)26-15-4-2-14(3-5-15)19(24)20-16-11-22-8-6-13(16)7-9-22/h2-5,10,13,16H,6-9,11H2,1H3,(H,20,24)/t16-/m0/s1. The molecule has 3 aliphatic heterocycles. The molecule has 4 heterocycles. The molecule has 2 aromatic rings. The van der Waals surface area contributed by atoms with Crippen LogP contribution in [0, 0.1) is 5.92 Å². The van der Waals surface area contributed by atoms with E-state index in [1.54, 1.807) is 6.07 Å². The maximum absolute atomic E-state index is 12.5. The van der Waals surface area contributed by atoms with E-state index >= 15 is 0 Å². The third-order valence-corrected chi connectivity index (χ3v) is 6.06. The zero-order valence-corrected chi connectivity index (χ0v) is 15.4. The summed E-state index contributed by atoms with van der Waals surface area (Å²) in [4.78, 5) is 27.2. The lowest BCUT2D eigenvalue weighted by atomic mass is 9.84. The fraction of sp³-hybridized carbons (Fsp3) is 0.421. The van der Waals surface area contributed by atoms with Crippen LogP contribution in [0.1, 0.15) is 40.7 Å². The lowest BCUT2D eigenvalue weighted by Crippen LogP contribution is -2.57. The second kappa shape index (κ2) is 7.25. The summed E-state index contributed by atoms with van der Waals surface area (Å²) in [5.74, 6) is 0.701. The molecule has 1 N–H and O–H groups in total. The molecule has 0 aliphatic carbocycles. The molecule has 5 rings (SSSR count). The van der Waals surface area contributed by atoms with Crippen molar-refractivity contribution >= 4 is 23.5 Å². The number of carbonyl (C=O) groups excluding carboxylic acids is 2. The zero-order valence-electron chi connectivity index (χ0n) is 14.6. The number of nitrogens with one attached hydrogen (secondary N) is 1. The predicted molar refractivity (Wildman–Crippen MR) is 97.5 cm³/mol. The first-order valence-electron chi connectivity index (χ1n) is 8.87. The van der Waals surface area contributed by atoms with E-state index in [1.165, 1.54) is 31.5 Å². The zero-order chi connectivity index (χ0) is 18.1. The molecule has 3 saturated heterocycles. The number of ketones is 1. The molecule has 6 nitrogen and oxygen atoms in total. The van der Waals surface area contributed by atoms with Gasteiger partial charge in [0.1, 0.15) is 5.03 Å². The van der Waals surface area contributed by atoms with Crippen LogP contribution in [0.15, 0.2) is 44.8 Å². The molecule has 1 aromatic heterocycles. The van der Waals surface area contributed by atoms with Gasteiger partial charge in [-0.15, -0.1) is 0 Å². The third-order valence-electron chi connectivity index (χ3n) is 5.15. The van der Waals surface area contributed by atoms with Gasteiger partial charge < -0.3 is 14.7 Å². The lowest BCUT2D eigenvalue weighted by molar-refractivity contribution is 0.0620. The molecule has 3 aliphatic rings. The van der Waals surface area contributed by atoms with Crippen LogP contribution < -0.4 is 5.32 Å². The normalized spacial score (nSPS) is 24.4. The molecule has 7 heteroatoms. The van der Waals surface area contributed by atoms with Crippen LogP contribution in [0.2, 0.25) is 0 Å². The molecule has 0 saturated carbocycles. The van der Waals surface area contributed by atoms with Gasteiger partial charge in [0.2, 0.25) is 5.76 Å². The Balaban J connectivity index is 1.37. The summed E-state index contributed by atoms with van der Waals surface area (Å²) >= 11 is 1.40. The van der Waals surface area contributed by atoms with E-state index < -0.39 is 0 Å². The highest BCUT2D eigenvalue weighted by atomic mass is 32.2. The quantitative estimate of drug-likeness (QED) is 0.815. The van der Waals surface area contributed by atoms with Gasteiger partial charge in [0.15, 0.2) is 5.78 Å². The second-order valence-corrected chi connectivity index (χ2v) is 8.02. The highest BCUT2D eigenvalue weighted by molar-refractivity contribution is 7.99. The van der Waals surface area contributed by atoms with Gasteiger partial charge in [-0.25, -0.2) is 0 Å². The Hall–Kier alpha value is -2.12. The van der Waals surface area contributed by atoms with Gasteiger partial charge in [0.25, 0.3) is 5.91 Å². The molecular weight excluding hydrogens is 350 g/mol. The number of rotatable bonds is 5. The van der Waals surface area contributed by atoms with Gasteiger partial charge in [-0.1, -0.05) is 16.9 Å². The van der Waals surface area contributed by atoms with Crippen LogP contribution >= 0.6 is 11.8 Å². The van der Waals surface area contributed by atoms with E-state index in [9.17, 15) is 9.59 Å². The monoisotopic (exact) mass is 371 g/mol. The first-order valence-corrected chi connectivity index (χ1v) is 9.69. The minimum atomic E-state index is -0.149. The van der Waals surface area contributed by atoms with Crippen LogP contribution in [0.25, 0.3) is 0 Å². The second-order valence-electron chi connectivity index (χ2n) is 6.93. The van der Waals surface area contributed by atoms with Crippen LogP contribution in [0.5, 0.6) is 0 Å². The van der Waals surface area contributed by atoms with Crippen molar-refractivity contribution in [1.29, 1.82) is 0 Å². The number of amides is 1. The molecular formula is C19H21N3O3S. The maximum Gasteiger partial charge on any atom is 0.251 e. The summed E-state index contributed by atoms with van der Waals surface area (Å²) < 4.78 is 4.98. The molecule has 3 fully saturated rings. The summed E-state index contributed by atoms with van der Waals surface area (Å²) in [6.45, 7) is 4.74. The van der Waals surface area contributed by atoms with Crippen LogP contribution in [-0.2, 0) is 0 Å². The van der Waals surface area contributed by atoms with Gasteiger partial charge >= 0.3 is 0 Å². The van der Waals surface area contributed by atoms with Crippen molar-refractivity contribution < 1.29 is 14.1 Å². The molecule has 1 atom stereocenters. The van der Waals surface area contributed by atoms with Crippen molar-refractivity contribution in [2.75, 3.05) is 19.6 Å². The maximum atomic E-state index is 12.5. The van der Waals surface area contributed by atoms with Gasteiger partial charge in [0.05, 0.1) is 0 Å². The first-order chi connectivity index (χ1) is 12.6. The lowest BCUT2D eigenvalue weighted by Gasteiger charge is -2.44. The van der Waals surface area contributed by atoms with Crippen molar-refractivity contribution in [3.8, 4) is 0 Å². The van der Waals surface area contributed by atoms with E-state index in [-0.39, 0.29) is 23.5 Å². The highest BCUT2D eigenvalue weighted by Gasteiger charge is 2.34. The van der Waals surface area contributed by atoms with E-state index in [1.807, 2.05) is 24.3 Å². The Morgan fingerprint density at radius 2 is 1.96 bits per heavy atom. The van der Waals surface area contributed by atoms with Gasteiger partial charge in [0, 0.05) is 36.0 Å². The van der Waals surface area contributed by atoms with Crippen LogP contribution in [0.3, 0.4) is 0 Å². The molecule has 136 valence electrons. The van der Waals surface area contributed by atoms with Gasteiger partial charge in [-0.05, 0) is 56.1 Å². The number of benzene rings is 1. The van der Waals surface area contributed by atoms with Crippen LogP contribution in [0.4, 0.5) is 0 Å². The number of piperidine rings is 3. The highest BCUT2D eigenvalue weighted by Crippen LogP contribution is 2.29. The molecule has 0 unspecified atom stereocenters. The van der Waals surface area contributed by atoms with Crippen molar-refractivity contribution in [3.05, 3.63) is 41.7 Å². The third kappa shape index (κ3) is 3.68. The number of hydrogen-bond acceptors (Lipinski definition) is 6. The number of carbonyl (C=O) groups is 2. The van der Waals surface area contributed by atoms with E-state index in [0.29, 0.717) is 16.5 Å². The summed E-state index contributed by atoms with van der Waals surface area (Å²) in [5.41, 5.74) is 0.662. The smallest absolute Gasteiger partial charge is 0.251 e. The average molecular weight is 371 g/mol. The van der Waals surface area contributed by atoms with E-state index in [4.69, 9.17) is 4.52 Å². The van der Waals surface area contributed by atoms with Crippen molar-refractivity contribution in [1.82, 2.24) is 15.4 Å². The largest absolute Gasteiger partial charge is 0.352 e. The summed E-state index contributed by atoms with van der Waals surface area (Å²) in [5, 5.41) is 7.70. The number of hydrogen-bond donors (Lipinski definition) is 1. The molecule has 2 bridgehead atoms. The molecule has 1 aromatic carbocycles. The fourth-order valence-electron chi connectivity index (χ4n) is 3.65. The minimum Gasteiger partial charge on any atom is -0.352 e. The van der Waals surface area contributed by atoms with Crippen LogP contribution in [-0.4, -0.2) is 47.4 Å². The summed E-state index contributed by atoms with van der Waals surface area (Å²) in [7, 11) is 0. The Bertz CT molecular complexity index is 810. The summed E-state index contributed by atoms with van der Waals surface area (Å²) in [6.07, 6.45) is 2.36. The topological polar surface area (TPSA) is 75.4 Å². The van der Waals surface area contributed by atoms with Crippen molar-refractivity contribution in [3.63, 3.8) is 0 Å². The van der Waals surface area contributed by atoms with Gasteiger partial charge in [-0.3, -0.25) is 9.59 Å². The van der Waals surface area contributed by atoms with Gasteiger partial charge in [-0.2, -0.15) is 0 Å². The van der Waals surface area contributed by atoms with Crippen molar-refractivity contribution in [2.45, 2.75) is 35.7 Å². The Morgan fingerprint density at radius 1 is 1.23 bits per heavy atom. The molecule has 26 heavy (non-hydrogen) atoms. The number of Topliss-reactive ketones (excluding diaryl/α,β-unsaturated/α-hetero) is 1. The number of fused-ring (bicyclic) bond motifs is 3. The molecule has 1 amide bonds. The minimum absolute atomic E-state index is 0.0133. The Morgan fingerprint density at radius 3 is 2.54 bits per heavy atom. The molecule has 0 spiro atoms. The summed E-state index contributed by atoms with van der Waals surface area (Å²) in [6, 6.07) is 9.31. The van der Waals surface area contributed by atoms with E-state index in [2.05, 4.69) is 15.4 Å². The Kier molecular flexibility index (Phi) is 4.82. The van der Waals surface area contributed by atoms with E-state index in [0.717, 1.165) is 24.5 Å². The number of aromatic nitrogens is 1. The number of nitrogens with zero attached hydrogens (tertiary/aromatic N) is 2. The average Bonchev–Trinajstić information content (AvgIpc) is 3.12.